The Balaban J connectivity index is 2.24. The lowest BCUT2D eigenvalue weighted by molar-refractivity contribution is 0.0518. The first kappa shape index (κ1) is 12.8. The lowest BCUT2D eigenvalue weighted by Gasteiger charge is -2.11. The third-order valence-corrected chi connectivity index (χ3v) is 3.46. The molecule has 2 rings (SSSR count). The standard InChI is InChI=1S/C15H19NO2/c1-3-5-6-11-7-8-13-12(11)9-10-16-14(13)15(17)18-4-2/h3,9-11H,1,4-8H2,2H3. The molecule has 0 spiro atoms. The fourth-order valence-corrected chi connectivity index (χ4v) is 2.62. The van der Waals surface area contributed by atoms with Gasteiger partial charge in [-0.15, -0.1) is 6.58 Å². The van der Waals surface area contributed by atoms with Gasteiger partial charge in [-0.2, -0.15) is 0 Å². The second-order valence-electron chi connectivity index (χ2n) is 4.55. The van der Waals surface area contributed by atoms with Crippen molar-refractivity contribution in [3.05, 3.63) is 41.7 Å². The van der Waals surface area contributed by atoms with Gasteiger partial charge in [0.05, 0.1) is 6.61 Å². The summed E-state index contributed by atoms with van der Waals surface area (Å²) in [5.41, 5.74) is 2.87. The first-order valence-corrected chi connectivity index (χ1v) is 6.53. The van der Waals surface area contributed by atoms with Gasteiger partial charge in [0.2, 0.25) is 0 Å². The van der Waals surface area contributed by atoms with Crippen LogP contribution in [0, 0.1) is 0 Å². The number of rotatable bonds is 5. The predicted octanol–water partition coefficient (Wildman–Crippen LogP) is 3.25. The maximum atomic E-state index is 11.8. The highest BCUT2D eigenvalue weighted by Gasteiger charge is 2.27. The monoisotopic (exact) mass is 245 g/mol. The van der Waals surface area contributed by atoms with E-state index in [-0.39, 0.29) is 5.97 Å². The molecule has 1 heterocycles. The van der Waals surface area contributed by atoms with Gasteiger partial charge in [0.1, 0.15) is 0 Å². The molecule has 0 aliphatic heterocycles. The molecule has 3 nitrogen and oxygen atoms in total. The van der Waals surface area contributed by atoms with Crippen molar-refractivity contribution in [3.63, 3.8) is 0 Å². The summed E-state index contributed by atoms with van der Waals surface area (Å²) in [4.78, 5) is 16.0. The number of fused-ring (bicyclic) bond motifs is 1. The van der Waals surface area contributed by atoms with Gasteiger partial charge in [0.25, 0.3) is 0 Å². The Hall–Kier alpha value is -1.64. The van der Waals surface area contributed by atoms with Crippen molar-refractivity contribution in [2.45, 2.75) is 38.5 Å². The van der Waals surface area contributed by atoms with E-state index in [9.17, 15) is 4.79 Å². The molecule has 1 aliphatic rings. The van der Waals surface area contributed by atoms with Crippen molar-refractivity contribution in [2.24, 2.45) is 0 Å². The third-order valence-electron chi connectivity index (χ3n) is 3.46. The highest BCUT2D eigenvalue weighted by Crippen LogP contribution is 2.37. The van der Waals surface area contributed by atoms with E-state index in [1.165, 1.54) is 5.56 Å². The van der Waals surface area contributed by atoms with Crippen LogP contribution in [-0.4, -0.2) is 17.6 Å². The van der Waals surface area contributed by atoms with Gasteiger partial charge in [-0.25, -0.2) is 9.78 Å². The fraction of sp³-hybridized carbons (Fsp3) is 0.467. The van der Waals surface area contributed by atoms with E-state index in [0.29, 0.717) is 18.2 Å². The molecule has 18 heavy (non-hydrogen) atoms. The minimum atomic E-state index is -0.293. The molecule has 0 bridgehead atoms. The molecular formula is C15H19NO2. The highest BCUT2D eigenvalue weighted by molar-refractivity contribution is 5.89. The predicted molar refractivity (Wildman–Crippen MR) is 70.7 cm³/mol. The second kappa shape index (κ2) is 5.80. The number of aromatic nitrogens is 1. The van der Waals surface area contributed by atoms with Crippen LogP contribution in [0.15, 0.2) is 24.9 Å². The van der Waals surface area contributed by atoms with E-state index in [4.69, 9.17) is 4.74 Å². The van der Waals surface area contributed by atoms with Crippen LogP contribution in [0.2, 0.25) is 0 Å². The lowest BCUT2D eigenvalue weighted by atomic mass is 9.96. The van der Waals surface area contributed by atoms with Crippen molar-refractivity contribution in [3.8, 4) is 0 Å². The third kappa shape index (κ3) is 2.45. The molecule has 0 amide bonds. The van der Waals surface area contributed by atoms with E-state index in [1.807, 2.05) is 19.1 Å². The molecule has 96 valence electrons. The molecule has 1 unspecified atom stereocenters. The average Bonchev–Trinajstić information content (AvgIpc) is 2.79. The summed E-state index contributed by atoms with van der Waals surface area (Å²) in [7, 11) is 0. The first-order valence-electron chi connectivity index (χ1n) is 6.53. The van der Waals surface area contributed by atoms with Crippen LogP contribution in [0.4, 0.5) is 0 Å². The largest absolute Gasteiger partial charge is 0.461 e. The Bertz CT molecular complexity index is 454. The number of carbonyl (C=O) groups is 1. The van der Waals surface area contributed by atoms with Crippen LogP contribution in [0.5, 0.6) is 0 Å². The smallest absolute Gasteiger partial charge is 0.357 e. The van der Waals surface area contributed by atoms with Crippen LogP contribution in [-0.2, 0) is 11.2 Å². The molecule has 1 aromatic rings. The summed E-state index contributed by atoms with van der Waals surface area (Å²) < 4.78 is 5.05. The quantitative estimate of drug-likeness (QED) is 0.590. The zero-order chi connectivity index (χ0) is 13.0. The van der Waals surface area contributed by atoms with E-state index in [2.05, 4.69) is 11.6 Å². The van der Waals surface area contributed by atoms with Gasteiger partial charge in [-0.05, 0) is 55.7 Å². The van der Waals surface area contributed by atoms with E-state index in [0.717, 1.165) is 31.2 Å². The lowest BCUT2D eigenvalue weighted by Crippen LogP contribution is -2.10. The number of hydrogen-bond donors (Lipinski definition) is 0. The number of pyridine rings is 1. The molecule has 1 aromatic heterocycles. The molecule has 0 N–H and O–H groups in total. The second-order valence-corrected chi connectivity index (χ2v) is 4.55. The van der Waals surface area contributed by atoms with Crippen LogP contribution >= 0.6 is 0 Å². The Morgan fingerprint density at radius 2 is 2.50 bits per heavy atom. The Morgan fingerprint density at radius 3 is 3.22 bits per heavy atom. The van der Waals surface area contributed by atoms with Gasteiger partial charge in [0.15, 0.2) is 5.69 Å². The summed E-state index contributed by atoms with van der Waals surface area (Å²) in [5, 5.41) is 0. The number of carbonyl (C=O) groups excluding carboxylic acids is 1. The normalized spacial score (nSPS) is 17.3. The SMILES string of the molecule is C=CCCC1CCc2c1ccnc2C(=O)OCC. The van der Waals surface area contributed by atoms with Crippen molar-refractivity contribution < 1.29 is 9.53 Å². The van der Waals surface area contributed by atoms with E-state index in [1.54, 1.807) is 6.20 Å². The van der Waals surface area contributed by atoms with Gasteiger partial charge in [-0.1, -0.05) is 6.08 Å². The van der Waals surface area contributed by atoms with Gasteiger partial charge >= 0.3 is 5.97 Å². The van der Waals surface area contributed by atoms with Crippen molar-refractivity contribution in [1.29, 1.82) is 0 Å². The number of esters is 1. The number of ether oxygens (including phenoxy) is 1. The molecule has 0 saturated heterocycles. The van der Waals surface area contributed by atoms with E-state index >= 15 is 0 Å². The molecular weight excluding hydrogens is 226 g/mol. The Morgan fingerprint density at radius 1 is 1.67 bits per heavy atom. The number of hydrogen-bond acceptors (Lipinski definition) is 3. The average molecular weight is 245 g/mol. The zero-order valence-electron chi connectivity index (χ0n) is 10.8. The van der Waals surface area contributed by atoms with Gasteiger partial charge < -0.3 is 4.74 Å². The Labute approximate surface area is 108 Å². The molecule has 0 fully saturated rings. The molecule has 1 aliphatic carbocycles. The topological polar surface area (TPSA) is 39.2 Å². The van der Waals surface area contributed by atoms with Crippen molar-refractivity contribution in [2.75, 3.05) is 6.61 Å². The zero-order valence-corrected chi connectivity index (χ0v) is 10.8. The van der Waals surface area contributed by atoms with Crippen molar-refractivity contribution >= 4 is 5.97 Å². The van der Waals surface area contributed by atoms with Crippen molar-refractivity contribution in [1.82, 2.24) is 4.98 Å². The van der Waals surface area contributed by atoms with Gasteiger partial charge in [-0.3, -0.25) is 0 Å². The number of nitrogens with zero attached hydrogens (tertiary/aromatic N) is 1. The summed E-state index contributed by atoms with van der Waals surface area (Å²) in [6.45, 7) is 5.97. The molecule has 3 heteroatoms. The molecule has 1 atom stereocenters. The van der Waals surface area contributed by atoms with Crippen LogP contribution in [0.25, 0.3) is 0 Å². The summed E-state index contributed by atoms with van der Waals surface area (Å²) >= 11 is 0. The molecule has 0 saturated carbocycles. The highest BCUT2D eigenvalue weighted by atomic mass is 16.5. The molecule has 0 aromatic carbocycles. The summed E-state index contributed by atoms with van der Waals surface area (Å²) in [6.07, 6.45) is 7.81. The fourth-order valence-electron chi connectivity index (χ4n) is 2.62. The summed E-state index contributed by atoms with van der Waals surface area (Å²) in [6, 6.07) is 2.04. The maximum absolute atomic E-state index is 11.8. The van der Waals surface area contributed by atoms with E-state index < -0.39 is 0 Å². The van der Waals surface area contributed by atoms with Crippen LogP contribution in [0.1, 0.15) is 53.7 Å². The van der Waals surface area contributed by atoms with Gasteiger partial charge in [0, 0.05) is 6.20 Å². The minimum absolute atomic E-state index is 0.293. The summed E-state index contributed by atoms with van der Waals surface area (Å²) in [5.74, 6) is 0.243. The van der Waals surface area contributed by atoms with Crippen LogP contribution < -0.4 is 0 Å². The number of allylic oxidation sites excluding steroid dienone is 1. The maximum Gasteiger partial charge on any atom is 0.357 e. The minimum Gasteiger partial charge on any atom is -0.461 e. The first-order chi connectivity index (χ1) is 8.77. The van der Waals surface area contributed by atoms with Crippen LogP contribution in [0.3, 0.4) is 0 Å². The Kier molecular flexibility index (Phi) is 4.13. The molecule has 0 radical (unpaired) electrons.